The van der Waals surface area contributed by atoms with E-state index in [1.54, 1.807) is 12.1 Å². The lowest BCUT2D eigenvalue weighted by atomic mass is 9.82. The van der Waals surface area contributed by atoms with Gasteiger partial charge in [-0.1, -0.05) is 11.6 Å². The van der Waals surface area contributed by atoms with Gasteiger partial charge in [-0.3, -0.25) is 9.59 Å². The Morgan fingerprint density at radius 1 is 1.45 bits per heavy atom. The minimum absolute atomic E-state index is 0.0485. The first-order valence-corrected chi connectivity index (χ1v) is 6.92. The maximum Gasteiger partial charge on any atom is 0.250 e. The van der Waals surface area contributed by atoms with Crippen LogP contribution >= 0.6 is 11.6 Å². The number of carbonyl (C=O) groups excluding carboxylic acids is 2. The average molecular weight is 296 g/mol. The van der Waals surface area contributed by atoms with Gasteiger partial charge in [0.1, 0.15) is 0 Å². The SMILES string of the molecule is CC1(C(=O)Nc2ccc(C(N)=O)c(Cl)c2)CCCNC1. The fraction of sp³-hybridized carbons (Fsp3) is 0.429. The van der Waals surface area contributed by atoms with Crippen LogP contribution in [0.5, 0.6) is 0 Å². The molecule has 4 N–H and O–H groups in total. The molecule has 2 rings (SSSR count). The molecule has 1 aliphatic heterocycles. The number of nitrogens with one attached hydrogen (secondary N) is 2. The van der Waals surface area contributed by atoms with E-state index < -0.39 is 11.3 Å². The monoisotopic (exact) mass is 295 g/mol. The van der Waals surface area contributed by atoms with Crippen LogP contribution in [0.25, 0.3) is 0 Å². The Balaban J connectivity index is 2.12. The molecular weight excluding hydrogens is 278 g/mol. The lowest BCUT2D eigenvalue weighted by Gasteiger charge is -2.32. The quantitative estimate of drug-likeness (QED) is 0.794. The molecule has 0 aliphatic carbocycles. The molecule has 0 spiro atoms. The van der Waals surface area contributed by atoms with Crippen molar-refractivity contribution in [1.82, 2.24) is 5.32 Å². The van der Waals surface area contributed by atoms with E-state index in [1.807, 2.05) is 6.92 Å². The molecule has 2 amide bonds. The molecule has 5 nitrogen and oxygen atoms in total. The van der Waals surface area contributed by atoms with Crippen LogP contribution in [0.2, 0.25) is 5.02 Å². The number of rotatable bonds is 3. The third-order valence-corrected chi connectivity index (χ3v) is 3.95. The predicted octanol–water partition coefficient (Wildman–Crippen LogP) is 1.77. The highest BCUT2D eigenvalue weighted by atomic mass is 35.5. The molecule has 1 saturated heterocycles. The zero-order valence-electron chi connectivity index (χ0n) is 11.3. The molecule has 1 aliphatic rings. The summed E-state index contributed by atoms with van der Waals surface area (Å²) in [5.41, 5.74) is 5.57. The van der Waals surface area contributed by atoms with Gasteiger partial charge in [0.2, 0.25) is 11.8 Å². The van der Waals surface area contributed by atoms with Gasteiger partial charge < -0.3 is 16.4 Å². The smallest absolute Gasteiger partial charge is 0.250 e. The van der Waals surface area contributed by atoms with Gasteiger partial charge in [-0.15, -0.1) is 0 Å². The number of benzene rings is 1. The largest absolute Gasteiger partial charge is 0.366 e. The van der Waals surface area contributed by atoms with E-state index in [1.165, 1.54) is 6.07 Å². The first kappa shape index (κ1) is 14.8. The fourth-order valence-electron chi connectivity index (χ4n) is 2.32. The van der Waals surface area contributed by atoms with Crippen molar-refractivity contribution in [1.29, 1.82) is 0 Å². The number of hydrogen-bond acceptors (Lipinski definition) is 3. The lowest BCUT2D eigenvalue weighted by molar-refractivity contribution is -0.125. The van der Waals surface area contributed by atoms with Crippen LogP contribution in [0.3, 0.4) is 0 Å². The van der Waals surface area contributed by atoms with E-state index in [0.29, 0.717) is 12.2 Å². The number of anilines is 1. The summed E-state index contributed by atoms with van der Waals surface area (Å²) in [5, 5.41) is 6.31. The van der Waals surface area contributed by atoms with E-state index in [-0.39, 0.29) is 16.5 Å². The van der Waals surface area contributed by atoms with Crippen molar-refractivity contribution in [2.24, 2.45) is 11.1 Å². The lowest BCUT2D eigenvalue weighted by Crippen LogP contribution is -2.46. The van der Waals surface area contributed by atoms with Crippen LogP contribution in [0, 0.1) is 5.41 Å². The second-order valence-corrected chi connectivity index (χ2v) is 5.76. The first-order valence-electron chi connectivity index (χ1n) is 6.54. The molecule has 1 fully saturated rings. The minimum atomic E-state index is -0.587. The van der Waals surface area contributed by atoms with Gasteiger partial charge in [0.25, 0.3) is 0 Å². The Bertz CT molecular complexity index is 539. The molecule has 1 unspecified atom stereocenters. The summed E-state index contributed by atoms with van der Waals surface area (Å²) in [6, 6.07) is 4.68. The van der Waals surface area contributed by atoms with Crippen molar-refractivity contribution in [2.75, 3.05) is 18.4 Å². The van der Waals surface area contributed by atoms with Gasteiger partial charge >= 0.3 is 0 Å². The third kappa shape index (κ3) is 3.11. The summed E-state index contributed by atoms with van der Waals surface area (Å²) in [4.78, 5) is 23.4. The minimum Gasteiger partial charge on any atom is -0.366 e. The number of carbonyl (C=O) groups is 2. The summed E-state index contributed by atoms with van der Waals surface area (Å²) in [6.45, 7) is 3.54. The number of piperidine rings is 1. The van der Waals surface area contributed by atoms with Crippen molar-refractivity contribution in [3.63, 3.8) is 0 Å². The summed E-state index contributed by atoms with van der Waals surface area (Å²) in [6.07, 6.45) is 1.82. The molecule has 1 atom stereocenters. The molecule has 0 saturated carbocycles. The number of primary amides is 1. The van der Waals surface area contributed by atoms with E-state index >= 15 is 0 Å². The Hall–Kier alpha value is -1.59. The highest BCUT2D eigenvalue weighted by Crippen LogP contribution is 2.28. The van der Waals surface area contributed by atoms with E-state index in [0.717, 1.165) is 19.4 Å². The van der Waals surface area contributed by atoms with Gasteiger partial charge in [0.15, 0.2) is 0 Å². The van der Waals surface area contributed by atoms with E-state index in [2.05, 4.69) is 10.6 Å². The summed E-state index contributed by atoms with van der Waals surface area (Å²) in [7, 11) is 0. The predicted molar refractivity (Wildman–Crippen MR) is 78.8 cm³/mol. The van der Waals surface area contributed by atoms with Crippen molar-refractivity contribution in [2.45, 2.75) is 19.8 Å². The highest BCUT2D eigenvalue weighted by Gasteiger charge is 2.34. The second kappa shape index (κ2) is 5.81. The van der Waals surface area contributed by atoms with Crippen molar-refractivity contribution in [3.8, 4) is 0 Å². The van der Waals surface area contributed by atoms with Gasteiger partial charge in [-0.2, -0.15) is 0 Å². The average Bonchev–Trinajstić information content (AvgIpc) is 2.39. The molecular formula is C14H18ClN3O2. The maximum atomic E-state index is 12.3. The standard InChI is InChI=1S/C14H18ClN3O2/c1-14(5-2-6-17-8-14)13(20)18-9-3-4-10(12(16)19)11(15)7-9/h3-4,7,17H,2,5-6,8H2,1H3,(H2,16,19)(H,18,20). The fourth-order valence-corrected chi connectivity index (χ4v) is 2.60. The molecule has 0 bridgehead atoms. The van der Waals surface area contributed by atoms with Gasteiger partial charge in [0, 0.05) is 12.2 Å². The topological polar surface area (TPSA) is 84.2 Å². The van der Waals surface area contributed by atoms with Gasteiger partial charge in [-0.05, 0) is 44.5 Å². The highest BCUT2D eigenvalue weighted by molar-refractivity contribution is 6.34. The van der Waals surface area contributed by atoms with Crippen molar-refractivity contribution in [3.05, 3.63) is 28.8 Å². The maximum absolute atomic E-state index is 12.3. The molecule has 6 heteroatoms. The summed E-state index contributed by atoms with van der Waals surface area (Å²) < 4.78 is 0. The number of halogens is 1. The zero-order valence-corrected chi connectivity index (χ0v) is 12.1. The second-order valence-electron chi connectivity index (χ2n) is 5.35. The molecule has 108 valence electrons. The van der Waals surface area contributed by atoms with Gasteiger partial charge in [-0.25, -0.2) is 0 Å². The Morgan fingerprint density at radius 2 is 2.20 bits per heavy atom. The summed E-state index contributed by atoms with van der Waals surface area (Å²) >= 11 is 5.96. The zero-order chi connectivity index (χ0) is 14.8. The van der Waals surface area contributed by atoms with Crippen LogP contribution in [-0.4, -0.2) is 24.9 Å². The number of amides is 2. The van der Waals surface area contributed by atoms with Crippen LogP contribution < -0.4 is 16.4 Å². The van der Waals surface area contributed by atoms with Crippen molar-refractivity contribution < 1.29 is 9.59 Å². The van der Waals surface area contributed by atoms with E-state index in [4.69, 9.17) is 17.3 Å². The molecule has 1 aromatic rings. The third-order valence-electron chi connectivity index (χ3n) is 3.64. The summed E-state index contributed by atoms with van der Waals surface area (Å²) in [5.74, 6) is -0.635. The molecule has 1 aromatic carbocycles. The molecule has 1 heterocycles. The number of hydrogen-bond donors (Lipinski definition) is 3. The molecule has 0 radical (unpaired) electrons. The van der Waals surface area contributed by atoms with Crippen LogP contribution in [0.15, 0.2) is 18.2 Å². The molecule has 0 aromatic heterocycles. The molecule has 20 heavy (non-hydrogen) atoms. The van der Waals surface area contributed by atoms with E-state index in [9.17, 15) is 9.59 Å². The van der Waals surface area contributed by atoms with Crippen molar-refractivity contribution >= 4 is 29.1 Å². The van der Waals surface area contributed by atoms with Crippen LogP contribution in [-0.2, 0) is 4.79 Å². The van der Waals surface area contributed by atoms with Gasteiger partial charge in [0.05, 0.1) is 16.0 Å². The number of nitrogens with two attached hydrogens (primary N) is 1. The van der Waals surface area contributed by atoms with Crippen LogP contribution in [0.4, 0.5) is 5.69 Å². The Kier molecular flexibility index (Phi) is 4.30. The Morgan fingerprint density at radius 3 is 2.75 bits per heavy atom. The normalized spacial score (nSPS) is 22.3. The Labute approximate surface area is 122 Å². The first-order chi connectivity index (χ1) is 9.42. The van der Waals surface area contributed by atoms with Crippen LogP contribution in [0.1, 0.15) is 30.1 Å².